The number of fused-ring (bicyclic) bond motifs is 5. The second-order valence-corrected chi connectivity index (χ2v) is 25.5. The highest BCUT2D eigenvalue weighted by Gasteiger charge is 2.70. The zero-order valence-corrected chi connectivity index (χ0v) is 44.6. The van der Waals surface area contributed by atoms with Gasteiger partial charge < -0.3 is 110 Å². The smallest absolute Gasteiger partial charge is 0.187 e. The molecular weight excluding hydrogens is 989 g/mol. The molecule has 0 aromatic carbocycles. The van der Waals surface area contributed by atoms with Crippen LogP contribution >= 0.6 is 0 Å². The van der Waals surface area contributed by atoms with E-state index in [0.717, 1.165) is 18.4 Å². The number of ether oxygens (including phenoxy) is 7. The summed E-state index contributed by atoms with van der Waals surface area (Å²) in [6.45, 7) is 14.0. The van der Waals surface area contributed by atoms with Gasteiger partial charge in [0.05, 0.1) is 68.7 Å². The Labute approximate surface area is 439 Å². The Morgan fingerprint density at radius 2 is 1.24 bits per heavy atom. The molecule has 0 radical (unpaired) electrons. The quantitative estimate of drug-likeness (QED) is 0.0766. The SMILES string of the molecule is C[C@H](CC[C@@H](O[C@@H]1OC[C@@H](O)[C@H](O)[C@H]1O[C@H]1O[C@@H](CO)[C@H](O)[C@@H](O)[C@@H]1O)C(C)(C)O)C1CC[C@@]2(C)C3CC=C4C(CC[C@H](O[C@@H]5O[C@H](CO)C([C@@H]6O[C@H](CO)[C@@H](O)[C@H](O)[C@H]6O)[C@H](O)[C@H]5O)C4(C)C)[C@]3(C)[C@H](O)C[C@]12C. The zero-order valence-electron chi connectivity index (χ0n) is 44.6. The van der Waals surface area contributed by atoms with Gasteiger partial charge in [-0.3, -0.25) is 0 Å². The average Bonchev–Trinajstić information content (AvgIpc) is 3.64. The molecule has 15 N–H and O–H groups in total. The molecule has 7 fully saturated rings. The Morgan fingerprint density at radius 1 is 0.653 bits per heavy atom. The Balaban J connectivity index is 0.942. The summed E-state index contributed by atoms with van der Waals surface area (Å²) in [5, 5.41) is 162. The number of aliphatic hydroxyl groups excluding tert-OH is 14. The van der Waals surface area contributed by atoms with Gasteiger partial charge >= 0.3 is 0 Å². The summed E-state index contributed by atoms with van der Waals surface area (Å²) in [5.41, 5.74) is -1.91. The summed E-state index contributed by atoms with van der Waals surface area (Å²) in [5.74, 6) is -0.893. The summed E-state index contributed by atoms with van der Waals surface area (Å²) in [4.78, 5) is 0. The Bertz CT molecular complexity index is 1950. The summed E-state index contributed by atoms with van der Waals surface area (Å²) < 4.78 is 42.1. The van der Waals surface area contributed by atoms with Gasteiger partial charge in [-0.1, -0.05) is 53.2 Å². The number of hydrogen-bond acceptors (Lipinski definition) is 22. The third-order valence-corrected chi connectivity index (χ3v) is 20.7. The zero-order chi connectivity index (χ0) is 55.2. The standard InChI is InChI=1S/C53H90O22/c1-22(9-13-33(50(4,5)68)74-48-45(35(59)26(57)21-69-48)75-47-43(67)40(64)37(61)29(20-56)72-47)23-15-16-51(6)30-12-10-24-25(53(30,8)31(58)17-52(23,51)7)11-14-32(49(24,2)3)73-46-42(66)38(62)34(27(18-54)71-46)44-41(65)39(63)36(60)28(19-55)70-44/h10,22-23,25-48,54-68H,9,11-21H2,1-8H3/t22-,23?,25?,26-,27-,28-,29+,30?,31-,32+,33-,34?,35+,36-,37+,38+,39+,40-,41-,42-,43+,44+,45-,46+,47-,48+,51+,52-,53+/m1/s1. The van der Waals surface area contributed by atoms with E-state index in [0.29, 0.717) is 38.5 Å². The van der Waals surface area contributed by atoms with Crippen molar-refractivity contribution in [2.45, 2.75) is 241 Å². The predicted molar refractivity (Wildman–Crippen MR) is 260 cm³/mol. The molecule has 22 heteroatoms. The van der Waals surface area contributed by atoms with Crippen molar-refractivity contribution in [3.05, 3.63) is 11.6 Å². The third kappa shape index (κ3) is 10.3. The van der Waals surface area contributed by atoms with Crippen LogP contribution in [0.5, 0.6) is 0 Å². The molecule has 8 aliphatic rings. The molecule has 4 unspecified atom stereocenters. The summed E-state index contributed by atoms with van der Waals surface area (Å²) in [6, 6.07) is 0. The van der Waals surface area contributed by atoms with Crippen molar-refractivity contribution in [3.63, 3.8) is 0 Å². The number of hydrogen-bond donors (Lipinski definition) is 15. The van der Waals surface area contributed by atoms with Crippen LogP contribution in [0.4, 0.5) is 0 Å². The molecule has 0 aromatic heterocycles. The van der Waals surface area contributed by atoms with E-state index >= 15 is 0 Å². The van der Waals surface area contributed by atoms with Gasteiger partial charge in [0.25, 0.3) is 0 Å². The third-order valence-electron chi connectivity index (χ3n) is 20.7. The monoisotopic (exact) mass is 1080 g/mol. The molecule has 4 saturated heterocycles. The molecule has 0 spiro atoms. The van der Waals surface area contributed by atoms with Crippen LogP contribution in [-0.2, 0) is 33.2 Å². The lowest BCUT2D eigenvalue weighted by atomic mass is 9.38. The van der Waals surface area contributed by atoms with Crippen LogP contribution in [0.1, 0.15) is 107 Å². The second-order valence-electron chi connectivity index (χ2n) is 25.5. The van der Waals surface area contributed by atoms with Gasteiger partial charge in [-0.05, 0) is 99.7 Å². The van der Waals surface area contributed by atoms with E-state index in [4.69, 9.17) is 33.2 Å². The molecule has 4 heterocycles. The fraction of sp³-hybridized carbons (Fsp3) is 0.962. The Hall–Kier alpha value is -1.14. The van der Waals surface area contributed by atoms with Crippen LogP contribution < -0.4 is 0 Å². The molecular formula is C53H90O22. The van der Waals surface area contributed by atoms with Gasteiger partial charge in [0, 0.05) is 16.7 Å². The van der Waals surface area contributed by atoms with Crippen LogP contribution in [0.15, 0.2) is 11.6 Å². The molecule has 4 aliphatic heterocycles. The van der Waals surface area contributed by atoms with E-state index in [9.17, 15) is 76.6 Å². The van der Waals surface area contributed by atoms with Crippen molar-refractivity contribution in [2.24, 2.45) is 51.2 Å². The van der Waals surface area contributed by atoms with Crippen LogP contribution in [0, 0.1) is 51.2 Å². The molecule has 0 bridgehead atoms. The minimum absolute atomic E-state index is 0.0117. The number of aliphatic hydroxyl groups is 15. The first-order chi connectivity index (χ1) is 35.0. The van der Waals surface area contributed by atoms with E-state index in [-0.39, 0.29) is 41.1 Å². The normalized spacial score (nSPS) is 52.0. The summed E-state index contributed by atoms with van der Waals surface area (Å²) in [7, 11) is 0. The van der Waals surface area contributed by atoms with Gasteiger partial charge in [0.15, 0.2) is 18.9 Å². The maximum Gasteiger partial charge on any atom is 0.187 e. The fourth-order valence-electron chi connectivity index (χ4n) is 15.9. The van der Waals surface area contributed by atoms with Crippen LogP contribution in [0.25, 0.3) is 0 Å². The van der Waals surface area contributed by atoms with Crippen molar-refractivity contribution in [1.29, 1.82) is 0 Å². The van der Waals surface area contributed by atoms with Gasteiger partial charge in [-0.25, -0.2) is 0 Å². The number of allylic oxidation sites excluding steroid dienone is 1. The van der Waals surface area contributed by atoms with E-state index in [1.807, 2.05) is 0 Å². The minimum Gasteiger partial charge on any atom is -0.394 e. The van der Waals surface area contributed by atoms with Crippen LogP contribution in [0.2, 0.25) is 0 Å². The summed E-state index contributed by atoms with van der Waals surface area (Å²) >= 11 is 0. The first kappa shape index (κ1) is 60.0. The van der Waals surface area contributed by atoms with E-state index in [2.05, 4.69) is 47.6 Å². The highest BCUT2D eigenvalue weighted by molar-refractivity contribution is 5.32. The predicted octanol–water partition coefficient (Wildman–Crippen LogP) is -2.32. The largest absolute Gasteiger partial charge is 0.394 e. The Morgan fingerprint density at radius 3 is 1.87 bits per heavy atom. The highest BCUT2D eigenvalue weighted by Crippen LogP contribution is 2.75. The lowest BCUT2D eigenvalue weighted by molar-refractivity contribution is -0.364. The first-order valence-corrected chi connectivity index (χ1v) is 27.3. The van der Waals surface area contributed by atoms with Crippen molar-refractivity contribution in [1.82, 2.24) is 0 Å². The minimum atomic E-state index is -1.80. The Kier molecular flexibility index (Phi) is 17.8. The molecule has 0 amide bonds. The van der Waals surface area contributed by atoms with Crippen LogP contribution in [0.3, 0.4) is 0 Å². The van der Waals surface area contributed by atoms with Crippen molar-refractivity contribution >= 4 is 0 Å². The lowest BCUT2D eigenvalue weighted by Crippen LogP contribution is -2.68. The summed E-state index contributed by atoms with van der Waals surface area (Å²) in [6.07, 6.45) is -22.3. The molecule has 0 aromatic rings. The lowest BCUT2D eigenvalue weighted by Gasteiger charge is -2.67. The van der Waals surface area contributed by atoms with Crippen molar-refractivity contribution in [2.75, 3.05) is 26.4 Å². The van der Waals surface area contributed by atoms with E-state index in [1.165, 1.54) is 0 Å². The fourth-order valence-corrected chi connectivity index (χ4v) is 15.9. The molecule has 8 rings (SSSR count). The molecule has 4 aliphatic carbocycles. The maximum absolute atomic E-state index is 12.7. The highest BCUT2D eigenvalue weighted by atomic mass is 16.8. The van der Waals surface area contributed by atoms with Gasteiger partial charge in [0.1, 0.15) is 73.2 Å². The van der Waals surface area contributed by atoms with Crippen LogP contribution in [-0.4, -0.2) is 237 Å². The topological polar surface area (TPSA) is 368 Å². The second kappa shape index (κ2) is 22.3. The van der Waals surface area contributed by atoms with E-state index < -0.39 is 171 Å². The average molecular weight is 1080 g/mol. The molecule has 22 nitrogen and oxygen atoms in total. The van der Waals surface area contributed by atoms with E-state index in [1.54, 1.807) is 13.8 Å². The molecule has 75 heavy (non-hydrogen) atoms. The molecule has 29 atom stereocenters. The number of rotatable bonds is 15. The molecule has 434 valence electrons. The van der Waals surface area contributed by atoms with Crippen molar-refractivity contribution in [3.8, 4) is 0 Å². The van der Waals surface area contributed by atoms with Crippen molar-refractivity contribution < 1.29 is 110 Å². The molecule has 3 saturated carbocycles. The first-order valence-electron chi connectivity index (χ1n) is 27.3. The van der Waals surface area contributed by atoms with Gasteiger partial charge in [-0.15, -0.1) is 0 Å². The van der Waals surface area contributed by atoms with Gasteiger partial charge in [0.2, 0.25) is 0 Å². The maximum atomic E-state index is 12.7. The van der Waals surface area contributed by atoms with Gasteiger partial charge in [-0.2, -0.15) is 0 Å².